The molecule has 0 amide bonds. The molecule has 174 valence electrons. The van der Waals surface area contributed by atoms with E-state index in [1.807, 2.05) is 41.3 Å². The molecule has 0 saturated heterocycles. The van der Waals surface area contributed by atoms with E-state index in [1.54, 1.807) is 13.4 Å². The Hall–Kier alpha value is -3.75. The summed E-state index contributed by atoms with van der Waals surface area (Å²) in [5, 5.41) is 12.2. The van der Waals surface area contributed by atoms with Gasteiger partial charge in [0.2, 0.25) is 0 Å². The van der Waals surface area contributed by atoms with Gasteiger partial charge in [0, 0.05) is 30.7 Å². The first-order chi connectivity index (χ1) is 15.5. The number of methoxy groups -OCH3 is 1. The molecule has 0 atom stereocenters. The largest absolute Gasteiger partial charge is 0.495 e. The topological polar surface area (TPSA) is 107 Å². The Kier molecular flexibility index (Phi) is 6.81. The second-order valence-electron chi connectivity index (χ2n) is 8.90. The highest BCUT2D eigenvalue weighted by Gasteiger charge is 2.21. The smallest absolute Gasteiger partial charge is 0.300 e. The molecule has 9 heteroatoms. The number of aryl methyl sites for hydroxylation is 2. The van der Waals surface area contributed by atoms with Crippen LogP contribution in [0.15, 0.2) is 36.8 Å². The van der Waals surface area contributed by atoms with Crippen molar-refractivity contribution in [1.82, 2.24) is 29.1 Å². The van der Waals surface area contributed by atoms with Crippen LogP contribution in [-0.2, 0) is 16.6 Å². The fourth-order valence-corrected chi connectivity index (χ4v) is 3.42. The van der Waals surface area contributed by atoms with Gasteiger partial charge in [-0.05, 0) is 37.6 Å². The molecule has 3 heterocycles. The van der Waals surface area contributed by atoms with Crippen LogP contribution in [0.5, 0.6) is 5.75 Å². The zero-order valence-electron chi connectivity index (χ0n) is 20.1. The average molecular weight is 451 g/mol. The van der Waals surface area contributed by atoms with Crippen molar-refractivity contribution in [2.45, 2.75) is 53.4 Å². The molecule has 0 aliphatic heterocycles. The summed E-state index contributed by atoms with van der Waals surface area (Å²) in [5.74, 6) is 1.33. The molecule has 0 fully saturated rings. The third-order valence-corrected chi connectivity index (χ3v) is 4.85. The van der Waals surface area contributed by atoms with E-state index in [0.717, 1.165) is 46.8 Å². The van der Waals surface area contributed by atoms with E-state index >= 15 is 0 Å². The van der Waals surface area contributed by atoms with E-state index in [1.165, 1.54) is 0 Å². The maximum absolute atomic E-state index is 9.00. The van der Waals surface area contributed by atoms with Gasteiger partial charge in [0.15, 0.2) is 5.82 Å². The number of ether oxygens (including phenoxy) is 1. The van der Waals surface area contributed by atoms with E-state index in [4.69, 9.17) is 19.7 Å². The van der Waals surface area contributed by atoms with Crippen LogP contribution in [-0.4, -0.2) is 47.3 Å². The number of hydrogen-bond donors (Lipinski definition) is 1. The summed E-state index contributed by atoms with van der Waals surface area (Å²) in [6.45, 7) is 11.6. The first-order valence-corrected chi connectivity index (χ1v) is 10.6. The molecule has 0 aliphatic carbocycles. The minimum Gasteiger partial charge on any atom is -0.495 e. The van der Waals surface area contributed by atoms with Gasteiger partial charge in [-0.1, -0.05) is 26.8 Å². The molecule has 0 bridgehead atoms. The van der Waals surface area contributed by atoms with Crippen molar-refractivity contribution in [2.75, 3.05) is 7.11 Å². The summed E-state index contributed by atoms with van der Waals surface area (Å²) in [6.07, 6.45) is 4.37. The molecule has 0 saturated carbocycles. The van der Waals surface area contributed by atoms with Crippen molar-refractivity contribution in [1.29, 1.82) is 0 Å². The number of benzene rings is 1. The number of imidazole rings is 1. The highest BCUT2D eigenvalue weighted by Crippen LogP contribution is 2.26. The molecule has 0 aliphatic rings. The van der Waals surface area contributed by atoms with E-state index in [2.05, 4.69) is 47.9 Å². The number of aromatic nitrogens is 6. The monoisotopic (exact) mass is 450 g/mol. The lowest BCUT2D eigenvalue weighted by molar-refractivity contribution is -0.134. The van der Waals surface area contributed by atoms with Gasteiger partial charge < -0.3 is 14.4 Å². The Balaban J connectivity index is 0.000000709. The predicted octanol–water partition coefficient (Wildman–Crippen LogP) is 3.91. The van der Waals surface area contributed by atoms with Gasteiger partial charge in [-0.15, -0.1) is 5.10 Å². The average Bonchev–Trinajstić information content (AvgIpc) is 3.31. The van der Waals surface area contributed by atoms with Gasteiger partial charge in [-0.2, -0.15) is 4.98 Å². The minimum atomic E-state index is -0.833. The van der Waals surface area contributed by atoms with Crippen LogP contribution in [0.1, 0.15) is 56.2 Å². The minimum absolute atomic E-state index is 0.0509. The molecular weight excluding hydrogens is 420 g/mol. The highest BCUT2D eigenvalue weighted by atomic mass is 16.5. The van der Waals surface area contributed by atoms with E-state index in [-0.39, 0.29) is 5.41 Å². The Bertz CT molecular complexity index is 1280. The number of carboxylic acid groups (broad SMARTS) is 1. The number of aliphatic carboxylic acids is 1. The van der Waals surface area contributed by atoms with E-state index < -0.39 is 5.97 Å². The molecule has 4 aromatic rings. The van der Waals surface area contributed by atoms with Gasteiger partial charge in [0.05, 0.1) is 30.5 Å². The van der Waals surface area contributed by atoms with Gasteiger partial charge in [0.1, 0.15) is 5.75 Å². The van der Waals surface area contributed by atoms with Crippen LogP contribution in [0, 0.1) is 13.8 Å². The standard InChI is InChI=1S/C22H26N6O.C2H4O2/c1-14-9-19(22(3,4)5)28-21(24-14)25-20(26-28)11-16-7-8-17(18(10-16)29-6)27-12-15(2)23-13-27;1-2(3)4/h7-10,12-13H,11H2,1-6H3;1H3,(H,3,4). The predicted molar refractivity (Wildman–Crippen MR) is 125 cm³/mol. The number of nitrogens with zero attached hydrogens (tertiary/aromatic N) is 6. The van der Waals surface area contributed by atoms with E-state index in [0.29, 0.717) is 12.2 Å². The van der Waals surface area contributed by atoms with Gasteiger partial charge in [-0.25, -0.2) is 14.5 Å². The van der Waals surface area contributed by atoms with Crippen LogP contribution in [0.25, 0.3) is 11.5 Å². The van der Waals surface area contributed by atoms with Crippen molar-refractivity contribution in [3.63, 3.8) is 0 Å². The lowest BCUT2D eigenvalue weighted by Crippen LogP contribution is -2.18. The van der Waals surface area contributed by atoms with Crippen molar-refractivity contribution < 1.29 is 14.6 Å². The van der Waals surface area contributed by atoms with Crippen molar-refractivity contribution in [3.8, 4) is 11.4 Å². The summed E-state index contributed by atoms with van der Waals surface area (Å²) in [4.78, 5) is 22.5. The summed E-state index contributed by atoms with van der Waals surface area (Å²) in [7, 11) is 1.68. The molecule has 3 aromatic heterocycles. The number of rotatable bonds is 4. The van der Waals surface area contributed by atoms with Crippen LogP contribution in [0.3, 0.4) is 0 Å². The number of carboxylic acids is 1. The lowest BCUT2D eigenvalue weighted by atomic mass is 9.91. The van der Waals surface area contributed by atoms with Crippen LogP contribution < -0.4 is 4.74 Å². The molecule has 0 unspecified atom stereocenters. The van der Waals surface area contributed by atoms with Crippen molar-refractivity contribution >= 4 is 11.7 Å². The van der Waals surface area contributed by atoms with Crippen LogP contribution in [0.4, 0.5) is 0 Å². The number of carbonyl (C=O) groups is 1. The second-order valence-corrected chi connectivity index (χ2v) is 8.90. The molecule has 1 aromatic carbocycles. The Morgan fingerprint density at radius 2 is 1.82 bits per heavy atom. The van der Waals surface area contributed by atoms with Crippen LogP contribution >= 0.6 is 0 Å². The zero-order chi connectivity index (χ0) is 24.3. The summed E-state index contributed by atoms with van der Waals surface area (Å²) in [6, 6.07) is 8.21. The molecule has 0 radical (unpaired) electrons. The number of hydrogen-bond acceptors (Lipinski definition) is 6. The van der Waals surface area contributed by atoms with Gasteiger partial charge >= 0.3 is 0 Å². The fourth-order valence-electron chi connectivity index (χ4n) is 3.42. The normalized spacial score (nSPS) is 11.2. The summed E-state index contributed by atoms with van der Waals surface area (Å²) in [5.41, 5.74) is 4.98. The second kappa shape index (κ2) is 9.40. The molecule has 4 rings (SSSR count). The van der Waals surface area contributed by atoms with E-state index in [9.17, 15) is 0 Å². The SMILES string of the molecule is CC(=O)O.COc1cc(Cc2nc3nc(C)cc(C(C)(C)C)n3n2)ccc1-n1cnc(C)c1. The summed E-state index contributed by atoms with van der Waals surface area (Å²) >= 11 is 0. The quantitative estimate of drug-likeness (QED) is 0.502. The molecular formula is C24H30N6O3. The molecule has 9 nitrogen and oxygen atoms in total. The maximum atomic E-state index is 9.00. The Morgan fingerprint density at radius 1 is 1.12 bits per heavy atom. The Labute approximate surface area is 193 Å². The molecule has 1 N–H and O–H groups in total. The van der Waals surface area contributed by atoms with Crippen molar-refractivity contribution in [3.05, 3.63) is 65.3 Å². The summed E-state index contributed by atoms with van der Waals surface area (Å²) < 4.78 is 9.44. The molecule has 33 heavy (non-hydrogen) atoms. The third kappa shape index (κ3) is 5.74. The van der Waals surface area contributed by atoms with Crippen molar-refractivity contribution in [2.24, 2.45) is 0 Å². The number of fused-ring (bicyclic) bond motifs is 1. The fraction of sp³-hybridized carbons (Fsp3) is 0.375. The zero-order valence-corrected chi connectivity index (χ0v) is 20.1. The lowest BCUT2D eigenvalue weighted by Gasteiger charge is -2.19. The van der Waals surface area contributed by atoms with Crippen LogP contribution in [0.2, 0.25) is 0 Å². The highest BCUT2D eigenvalue weighted by molar-refractivity contribution is 5.63. The maximum Gasteiger partial charge on any atom is 0.300 e. The molecule has 0 spiro atoms. The Morgan fingerprint density at radius 3 is 2.39 bits per heavy atom. The first kappa shape index (κ1) is 23.9. The van der Waals surface area contributed by atoms with Gasteiger partial charge in [-0.3, -0.25) is 4.79 Å². The van der Waals surface area contributed by atoms with Gasteiger partial charge in [0.25, 0.3) is 11.7 Å². The first-order valence-electron chi connectivity index (χ1n) is 10.6. The third-order valence-electron chi connectivity index (χ3n) is 4.85.